The maximum atomic E-state index is 13.4. The molecule has 3 aromatic rings. The number of hydrogen-bond acceptors (Lipinski definition) is 8. The van der Waals surface area contributed by atoms with E-state index in [1.54, 1.807) is 30.6 Å². The Labute approximate surface area is 212 Å². The zero-order valence-corrected chi connectivity index (χ0v) is 21.3. The summed E-state index contributed by atoms with van der Waals surface area (Å²) in [6.07, 6.45) is 3.33. The molecule has 1 fully saturated rings. The first-order chi connectivity index (χ1) is 17.1. The summed E-state index contributed by atoms with van der Waals surface area (Å²) in [5.41, 5.74) is 2.84. The maximum Gasteiger partial charge on any atom is 0.263 e. The lowest BCUT2D eigenvalue weighted by atomic mass is 10.2. The third-order valence-corrected chi connectivity index (χ3v) is 11.1. The number of thiophene rings is 1. The van der Waals surface area contributed by atoms with Gasteiger partial charge in [0.05, 0.1) is 5.75 Å². The number of halogens is 1. The molecule has 1 amide bonds. The Kier molecular flexibility index (Phi) is 7.82. The molecule has 2 N–H and O–H groups in total. The van der Waals surface area contributed by atoms with E-state index < -0.39 is 44.4 Å². The van der Waals surface area contributed by atoms with Crippen molar-refractivity contribution in [2.75, 3.05) is 25.4 Å². The van der Waals surface area contributed by atoms with Crippen LogP contribution in [-0.2, 0) is 31.3 Å². The first-order valence-corrected chi connectivity index (χ1v) is 14.7. The van der Waals surface area contributed by atoms with Gasteiger partial charge in [0.15, 0.2) is 0 Å². The number of rotatable bonds is 8. The van der Waals surface area contributed by atoms with E-state index in [0.29, 0.717) is 10.4 Å². The summed E-state index contributed by atoms with van der Waals surface area (Å²) in [5, 5.41) is 9.23. The van der Waals surface area contributed by atoms with Gasteiger partial charge in [-0.05, 0) is 53.9 Å². The van der Waals surface area contributed by atoms with Crippen molar-refractivity contribution in [1.29, 1.82) is 0 Å². The van der Waals surface area contributed by atoms with Crippen LogP contribution in [0.15, 0.2) is 65.1 Å². The molecule has 2 aromatic heterocycles. The van der Waals surface area contributed by atoms with E-state index in [1.165, 1.54) is 35.8 Å². The number of carbonyl (C=O) groups excluding carboxylic acids is 1. The van der Waals surface area contributed by atoms with E-state index in [4.69, 9.17) is 0 Å². The Balaban J connectivity index is 1.54. The molecule has 0 unspecified atom stereocenters. The molecule has 4 rings (SSSR count). The molecular formula is C22H23FN4O6S3. The monoisotopic (exact) mass is 554 g/mol. The van der Waals surface area contributed by atoms with Crippen LogP contribution in [0.4, 0.5) is 4.39 Å². The van der Waals surface area contributed by atoms with Gasteiger partial charge in [0.2, 0.25) is 10.0 Å². The lowest BCUT2D eigenvalue weighted by molar-refractivity contribution is -0.134. The van der Waals surface area contributed by atoms with Crippen molar-refractivity contribution in [3.8, 4) is 10.4 Å². The summed E-state index contributed by atoms with van der Waals surface area (Å²) in [6, 6.07) is 10.5. The van der Waals surface area contributed by atoms with Gasteiger partial charge in [-0.15, -0.1) is 11.3 Å². The standard InChI is InChI=1S/C22H23FN4O6S3/c23-18-3-1-17(2-4-18)20-5-6-21(34-20)36(32,33)27-13-12-26(15-19(27)22(28)25-29)35(30,31)14-9-16-7-10-24-11-8-16/h1-8,10-11,19,29H,9,12-15H2,(H,25,28)/t19-/m1/s1. The summed E-state index contributed by atoms with van der Waals surface area (Å²) >= 11 is 0.943. The Morgan fingerprint density at radius 1 is 1.06 bits per heavy atom. The molecule has 1 saturated heterocycles. The molecule has 0 aliphatic carbocycles. The third kappa shape index (κ3) is 5.63. The van der Waals surface area contributed by atoms with Crippen LogP contribution in [0, 0.1) is 5.82 Å². The zero-order valence-electron chi connectivity index (χ0n) is 18.8. The van der Waals surface area contributed by atoms with Gasteiger partial charge in [0.1, 0.15) is 16.1 Å². The maximum absolute atomic E-state index is 13.4. The van der Waals surface area contributed by atoms with Crippen molar-refractivity contribution < 1.29 is 31.2 Å². The van der Waals surface area contributed by atoms with Gasteiger partial charge in [0.25, 0.3) is 15.9 Å². The fourth-order valence-corrected chi connectivity index (χ4v) is 8.33. The lowest BCUT2D eigenvalue weighted by Crippen LogP contribution is -2.61. The predicted octanol–water partition coefficient (Wildman–Crippen LogP) is 1.70. The van der Waals surface area contributed by atoms with Gasteiger partial charge in [-0.2, -0.15) is 8.61 Å². The second kappa shape index (κ2) is 10.7. The number of sulfonamides is 2. The Morgan fingerprint density at radius 3 is 2.42 bits per heavy atom. The summed E-state index contributed by atoms with van der Waals surface area (Å²) in [5.74, 6) is -1.69. The molecular weight excluding hydrogens is 531 g/mol. The largest absolute Gasteiger partial charge is 0.289 e. The number of aromatic nitrogens is 1. The number of hydroxylamine groups is 1. The molecule has 10 nitrogen and oxygen atoms in total. The molecule has 1 aliphatic heterocycles. The van der Waals surface area contributed by atoms with Gasteiger partial charge in [-0.3, -0.25) is 15.0 Å². The number of pyridine rings is 1. The number of piperazine rings is 1. The second-order valence-corrected chi connectivity index (χ2v) is 13.3. The SMILES string of the molecule is O=C(NO)[C@H]1CN(S(=O)(=O)CCc2ccncc2)CCN1S(=O)(=O)c1ccc(-c2ccc(F)cc2)s1. The minimum Gasteiger partial charge on any atom is -0.289 e. The van der Waals surface area contributed by atoms with Crippen LogP contribution >= 0.6 is 11.3 Å². The van der Waals surface area contributed by atoms with Crippen LogP contribution in [0.3, 0.4) is 0 Å². The summed E-state index contributed by atoms with van der Waals surface area (Å²) in [6.45, 7) is -0.873. The Hall–Kier alpha value is -2.75. The minimum atomic E-state index is -4.21. The highest BCUT2D eigenvalue weighted by atomic mass is 32.2. The Bertz CT molecular complexity index is 1430. The number of aryl methyl sites for hydroxylation is 1. The van der Waals surface area contributed by atoms with Crippen LogP contribution in [0.25, 0.3) is 10.4 Å². The fraction of sp³-hybridized carbons (Fsp3) is 0.273. The minimum absolute atomic E-state index is 0.0634. The first kappa shape index (κ1) is 26.3. The molecule has 0 spiro atoms. The topological polar surface area (TPSA) is 137 Å². The molecule has 192 valence electrons. The zero-order chi connectivity index (χ0) is 25.9. The summed E-state index contributed by atoms with van der Waals surface area (Å²) in [7, 11) is -8.03. The number of benzene rings is 1. The van der Waals surface area contributed by atoms with Gasteiger partial charge in [0, 0.05) is 36.9 Å². The van der Waals surface area contributed by atoms with Crippen molar-refractivity contribution in [3.63, 3.8) is 0 Å². The molecule has 1 aliphatic rings. The number of nitrogens with zero attached hydrogens (tertiary/aromatic N) is 3. The van der Waals surface area contributed by atoms with Crippen LogP contribution < -0.4 is 5.48 Å². The lowest BCUT2D eigenvalue weighted by Gasteiger charge is -2.38. The highest BCUT2D eigenvalue weighted by Crippen LogP contribution is 2.34. The van der Waals surface area contributed by atoms with Gasteiger partial charge >= 0.3 is 0 Å². The van der Waals surface area contributed by atoms with Gasteiger partial charge in [-0.25, -0.2) is 26.7 Å². The van der Waals surface area contributed by atoms with E-state index in [1.807, 2.05) is 0 Å². The highest BCUT2D eigenvalue weighted by molar-refractivity contribution is 7.91. The molecule has 3 heterocycles. The van der Waals surface area contributed by atoms with Gasteiger partial charge in [-0.1, -0.05) is 12.1 Å². The van der Waals surface area contributed by atoms with Crippen molar-refractivity contribution in [3.05, 3.63) is 72.3 Å². The predicted molar refractivity (Wildman–Crippen MR) is 131 cm³/mol. The molecule has 0 bridgehead atoms. The first-order valence-electron chi connectivity index (χ1n) is 10.8. The summed E-state index contributed by atoms with van der Waals surface area (Å²) in [4.78, 5) is 16.9. The number of nitrogens with one attached hydrogen (secondary N) is 1. The fourth-order valence-electron chi connectivity index (χ4n) is 3.84. The van der Waals surface area contributed by atoms with E-state index in [2.05, 4.69) is 4.98 Å². The number of hydrogen-bond donors (Lipinski definition) is 2. The van der Waals surface area contributed by atoms with E-state index in [9.17, 15) is 31.2 Å². The van der Waals surface area contributed by atoms with Crippen LogP contribution in [0.5, 0.6) is 0 Å². The molecule has 1 atom stereocenters. The van der Waals surface area contributed by atoms with Crippen molar-refractivity contribution >= 4 is 37.3 Å². The van der Waals surface area contributed by atoms with Crippen molar-refractivity contribution in [1.82, 2.24) is 19.1 Å². The van der Waals surface area contributed by atoms with Gasteiger partial charge < -0.3 is 0 Å². The highest BCUT2D eigenvalue weighted by Gasteiger charge is 2.43. The normalized spacial score (nSPS) is 17.7. The average molecular weight is 555 g/mol. The van der Waals surface area contributed by atoms with Crippen LogP contribution in [-0.4, -0.2) is 73.0 Å². The van der Waals surface area contributed by atoms with Crippen molar-refractivity contribution in [2.24, 2.45) is 0 Å². The van der Waals surface area contributed by atoms with E-state index in [0.717, 1.165) is 25.5 Å². The van der Waals surface area contributed by atoms with Crippen LogP contribution in [0.2, 0.25) is 0 Å². The molecule has 0 radical (unpaired) electrons. The second-order valence-electron chi connectivity index (χ2n) is 8.01. The van der Waals surface area contributed by atoms with Crippen molar-refractivity contribution in [2.45, 2.75) is 16.7 Å². The van der Waals surface area contributed by atoms with E-state index in [-0.39, 0.29) is 29.5 Å². The quantitative estimate of drug-likeness (QED) is 0.319. The van der Waals surface area contributed by atoms with E-state index >= 15 is 0 Å². The number of carbonyl (C=O) groups is 1. The summed E-state index contributed by atoms with van der Waals surface area (Å²) < 4.78 is 67.9. The Morgan fingerprint density at radius 2 is 1.75 bits per heavy atom. The molecule has 0 saturated carbocycles. The smallest absolute Gasteiger partial charge is 0.263 e. The van der Waals surface area contributed by atoms with Crippen LogP contribution in [0.1, 0.15) is 5.56 Å². The molecule has 1 aromatic carbocycles. The average Bonchev–Trinajstić information content (AvgIpc) is 3.39. The number of amides is 1. The molecule has 14 heteroatoms. The molecule has 36 heavy (non-hydrogen) atoms. The third-order valence-electron chi connectivity index (χ3n) is 5.77.